The predicted octanol–water partition coefficient (Wildman–Crippen LogP) is 3.61. The van der Waals surface area contributed by atoms with E-state index in [2.05, 4.69) is 36.5 Å². The Balaban J connectivity index is 2.18. The topological polar surface area (TPSA) is 85.2 Å². The molecule has 29 heavy (non-hydrogen) atoms. The average Bonchev–Trinajstić information content (AvgIpc) is 3.02. The Bertz CT molecular complexity index is 728. The Morgan fingerprint density at radius 3 is 2.55 bits per heavy atom. The van der Waals surface area contributed by atoms with Gasteiger partial charge in [-0.3, -0.25) is 9.59 Å². The van der Waals surface area contributed by atoms with Crippen LogP contribution in [0.2, 0.25) is 0 Å². The molecule has 0 aliphatic heterocycles. The van der Waals surface area contributed by atoms with Gasteiger partial charge in [-0.15, -0.1) is 0 Å². The van der Waals surface area contributed by atoms with E-state index >= 15 is 0 Å². The fourth-order valence-corrected chi connectivity index (χ4v) is 3.42. The molecule has 1 saturated carbocycles. The summed E-state index contributed by atoms with van der Waals surface area (Å²) in [7, 11) is 0. The molecular formula is C22H36N4O3. The minimum atomic E-state index is -0.547. The standard InChI is InChI=1S/C22H36N4O3/c1-15(2)14-29-21-19(20(28)24-18-9-7-16(3)8-10-18)13-23-26(21)12-11-22(5,6)25-17(4)27/h11-13,15-16,18H,7-10,14H2,1-6H3,(H,24,28)(H,25,27)/b12-11+. The normalized spacial score (nSPS) is 20.1. The predicted molar refractivity (Wildman–Crippen MR) is 115 cm³/mol. The fourth-order valence-electron chi connectivity index (χ4n) is 3.42. The number of carbonyl (C=O) groups is 2. The molecular weight excluding hydrogens is 368 g/mol. The van der Waals surface area contributed by atoms with Crippen molar-refractivity contribution >= 4 is 18.0 Å². The summed E-state index contributed by atoms with van der Waals surface area (Å²) in [4.78, 5) is 24.3. The van der Waals surface area contributed by atoms with Gasteiger partial charge in [0.15, 0.2) is 0 Å². The summed E-state index contributed by atoms with van der Waals surface area (Å²) < 4.78 is 7.50. The van der Waals surface area contributed by atoms with E-state index in [9.17, 15) is 9.59 Å². The lowest BCUT2D eigenvalue weighted by Gasteiger charge is -2.26. The summed E-state index contributed by atoms with van der Waals surface area (Å²) in [6.07, 6.45) is 9.40. The zero-order valence-electron chi connectivity index (χ0n) is 18.6. The van der Waals surface area contributed by atoms with Crippen molar-refractivity contribution in [3.8, 4) is 5.88 Å². The Labute approximate surface area is 174 Å². The molecule has 7 heteroatoms. The number of ether oxygens (including phenoxy) is 1. The van der Waals surface area contributed by atoms with Gasteiger partial charge in [-0.05, 0) is 57.4 Å². The van der Waals surface area contributed by atoms with Crippen LogP contribution in [0.1, 0.15) is 77.6 Å². The molecule has 0 atom stereocenters. The van der Waals surface area contributed by atoms with Crippen molar-refractivity contribution in [2.24, 2.45) is 11.8 Å². The maximum absolute atomic E-state index is 12.9. The smallest absolute Gasteiger partial charge is 0.258 e. The second-order valence-corrected chi connectivity index (χ2v) is 9.16. The van der Waals surface area contributed by atoms with Crippen LogP contribution < -0.4 is 15.4 Å². The van der Waals surface area contributed by atoms with E-state index in [0.717, 1.165) is 31.6 Å². The van der Waals surface area contributed by atoms with E-state index < -0.39 is 5.54 Å². The SMILES string of the molecule is CC(=O)NC(C)(C)/C=C/n1ncc(C(=O)NC2CCC(C)CC2)c1OCC(C)C. The van der Waals surface area contributed by atoms with Gasteiger partial charge in [0.05, 0.1) is 18.3 Å². The van der Waals surface area contributed by atoms with E-state index in [0.29, 0.717) is 24.0 Å². The number of hydrogen-bond donors (Lipinski definition) is 2. The van der Waals surface area contributed by atoms with Gasteiger partial charge in [-0.2, -0.15) is 5.10 Å². The highest BCUT2D eigenvalue weighted by Gasteiger charge is 2.24. The van der Waals surface area contributed by atoms with Gasteiger partial charge < -0.3 is 15.4 Å². The Morgan fingerprint density at radius 1 is 1.31 bits per heavy atom. The van der Waals surface area contributed by atoms with E-state index in [-0.39, 0.29) is 17.9 Å². The summed E-state index contributed by atoms with van der Waals surface area (Å²) in [5.41, 5.74) is -0.111. The molecule has 2 N–H and O–H groups in total. The molecule has 0 unspecified atom stereocenters. The minimum absolute atomic E-state index is 0.113. The van der Waals surface area contributed by atoms with Crippen LogP contribution >= 0.6 is 0 Å². The van der Waals surface area contributed by atoms with E-state index in [1.807, 2.05) is 19.9 Å². The molecule has 0 aromatic carbocycles. The van der Waals surface area contributed by atoms with Crippen LogP contribution in [0.5, 0.6) is 5.88 Å². The van der Waals surface area contributed by atoms with Crippen molar-refractivity contribution in [3.05, 3.63) is 17.8 Å². The summed E-state index contributed by atoms with van der Waals surface area (Å²) in [6.45, 7) is 12.1. The Kier molecular flexibility index (Phi) is 7.88. The zero-order chi connectivity index (χ0) is 21.6. The number of aromatic nitrogens is 2. The quantitative estimate of drug-likeness (QED) is 0.693. The zero-order valence-corrected chi connectivity index (χ0v) is 18.6. The molecule has 1 aromatic heterocycles. The third kappa shape index (κ3) is 7.22. The minimum Gasteiger partial charge on any atom is -0.477 e. The third-order valence-electron chi connectivity index (χ3n) is 5.03. The molecule has 0 saturated heterocycles. The number of hydrogen-bond acceptors (Lipinski definition) is 4. The third-order valence-corrected chi connectivity index (χ3v) is 5.03. The van der Waals surface area contributed by atoms with Crippen LogP contribution in [-0.2, 0) is 4.79 Å². The first-order chi connectivity index (χ1) is 13.6. The first kappa shape index (κ1) is 23.0. The largest absolute Gasteiger partial charge is 0.477 e. The maximum atomic E-state index is 12.9. The summed E-state index contributed by atoms with van der Waals surface area (Å²) in [5.74, 6) is 1.21. The summed E-state index contributed by atoms with van der Waals surface area (Å²) in [5, 5.41) is 10.3. The highest BCUT2D eigenvalue weighted by molar-refractivity contribution is 5.96. The van der Waals surface area contributed by atoms with Crippen LogP contribution in [-0.4, -0.2) is 39.8 Å². The van der Waals surface area contributed by atoms with Crippen molar-refractivity contribution in [1.29, 1.82) is 0 Å². The number of rotatable bonds is 8. The van der Waals surface area contributed by atoms with Crippen LogP contribution in [0.4, 0.5) is 0 Å². The molecule has 1 aromatic rings. The second-order valence-electron chi connectivity index (χ2n) is 9.16. The van der Waals surface area contributed by atoms with Gasteiger partial charge in [-0.1, -0.05) is 20.8 Å². The number of amides is 2. The van der Waals surface area contributed by atoms with Gasteiger partial charge in [0.2, 0.25) is 11.8 Å². The van der Waals surface area contributed by atoms with Crippen LogP contribution in [0.25, 0.3) is 6.20 Å². The van der Waals surface area contributed by atoms with Gasteiger partial charge in [-0.25, -0.2) is 4.68 Å². The van der Waals surface area contributed by atoms with E-state index in [1.54, 1.807) is 17.1 Å². The summed E-state index contributed by atoms with van der Waals surface area (Å²) >= 11 is 0. The molecule has 1 fully saturated rings. The first-order valence-corrected chi connectivity index (χ1v) is 10.6. The number of nitrogens with zero attached hydrogens (tertiary/aromatic N) is 2. The van der Waals surface area contributed by atoms with Crippen LogP contribution in [0.3, 0.4) is 0 Å². The molecule has 0 radical (unpaired) electrons. The molecule has 0 bridgehead atoms. The highest BCUT2D eigenvalue weighted by atomic mass is 16.5. The van der Waals surface area contributed by atoms with E-state index in [4.69, 9.17) is 4.74 Å². The molecule has 0 spiro atoms. The summed E-state index contributed by atoms with van der Waals surface area (Å²) in [6, 6.07) is 0.203. The fraction of sp³-hybridized carbons (Fsp3) is 0.682. The van der Waals surface area contributed by atoms with Crippen LogP contribution in [0, 0.1) is 11.8 Å². The molecule has 162 valence electrons. The molecule has 1 aliphatic carbocycles. The maximum Gasteiger partial charge on any atom is 0.258 e. The highest BCUT2D eigenvalue weighted by Crippen LogP contribution is 2.25. The number of carbonyl (C=O) groups excluding carboxylic acids is 2. The number of nitrogens with one attached hydrogen (secondary N) is 2. The monoisotopic (exact) mass is 404 g/mol. The van der Waals surface area contributed by atoms with Gasteiger partial charge >= 0.3 is 0 Å². The van der Waals surface area contributed by atoms with Crippen molar-refractivity contribution in [1.82, 2.24) is 20.4 Å². The molecule has 2 amide bonds. The lowest BCUT2D eigenvalue weighted by atomic mass is 9.87. The Hall–Kier alpha value is -2.31. The molecule has 2 rings (SSSR count). The molecule has 7 nitrogen and oxygen atoms in total. The second kappa shape index (κ2) is 9.94. The van der Waals surface area contributed by atoms with Crippen molar-refractivity contribution in [3.63, 3.8) is 0 Å². The molecule has 1 heterocycles. The van der Waals surface area contributed by atoms with Crippen LogP contribution in [0.15, 0.2) is 12.3 Å². The van der Waals surface area contributed by atoms with Crippen molar-refractivity contribution < 1.29 is 14.3 Å². The van der Waals surface area contributed by atoms with Crippen molar-refractivity contribution in [2.75, 3.05) is 6.61 Å². The first-order valence-electron chi connectivity index (χ1n) is 10.6. The lowest BCUT2D eigenvalue weighted by Crippen LogP contribution is -2.40. The Morgan fingerprint density at radius 2 is 1.97 bits per heavy atom. The lowest BCUT2D eigenvalue weighted by molar-refractivity contribution is -0.120. The van der Waals surface area contributed by atoms with Gasteiger partial charge in [0.1, 0.15) is 5.56 Å². The molecule has 1 aliphatic rings. The van der Waals surface area contributed by atoms with Crippen molar-refractivity contribution in [2.45, 2.75) is 78.8 Å². The van der Waals surface area contributed by atoms with E-state index in [1.165, 1.54) is 6.92 Å². The van der Waals surface area contributed by atoms with Gasteiger partial charge in [0, 0.05) is 19.2 Å². The van der Waals surface area contributed by atoms with Gasteiger partial charge in [0.25, 0.3) is 5.91 Å². The average molecular weight is 405 g/mol.